The average molecular weight is 310 g/mol. The summed E-state index contributed by atoms with van der Waals surface area (Å²) >= 11 is 0. The summed E-state index contributed by atoms with van der Waals surface area (Å²) in [7, 11) is 1.57. The van der Waals surface area contributed by atoms with Crippen LogP contribution < -0.4 is 16.0 Å². The minimum Gasteiger partial charge on any atom is -0.355 e. The van der Waals surface area contributed by atoms with Crippen molar-refractivity contribution >= 4 is 24.2 Å². The van der Waals surface area contributed by atoms with Crippen molar-refractivity contribution in [3.63, 3.8) is 0 Å². The van der Waals surface area contributed by atoms with E-state index in [2.05, 4.69) is 22.0 Å². The second-order valence-corrected chi connectivity index (χ2v) is 4.66. The Morgan fingerprint density at radius 1 is 1.24 bits per heavy atom. The van der Waals surface area contributed by atoms with Gasteiger partial charge >= 0.3 is 0 Å². The number of hydrogen-bond acceptors (Lipinski definition) is 3. The molecular weight excluding hydrogens is 290 g/mol. The largest absolute Gasteiger partial charge is 0.355 e. The van der Waals surface area contributed by atoms with Gasteiger partial charge in [0.05, 0.1) is 0 Å². The lowest BCUT2D eigenvalue weighted by Crippen LogP contribution is -2.29. The number of hydrogen-bond donors (Lipinski definition) is 3. The first-order valence-electron chi connectivity index (χ1n) is 6.69. The van der Waals surface area contributed by atoms with Gasteiger partial charge in [0.2, 0.25) is 0 Å². The lowest BCUT2D eigenvalue weighted by atomic mass is 10.1. The quantitative estimate of drug-likeness (QED) is 0.730. The Bertz CT molecular complexity index is 543. The van der Waals surface area contributed by atoms with Gasteiger partial charge in [-0.1, -0.05) is 17.7 Å². The molecule has 0 radical (unpaired) electrons. The third-order valence-corrected chi connectivity index (χ3v) is 3.25. The molecule has 0 spiro atoms. The molecule has 5 nitrogen and oxygen atoms in total. The molecule has 114 valence electrons. The van der Waals surface area contributed by atoms with Crippen molar-refractivity contribution in [3.8, 4) is 0 Å². The van der Waals surface area contributed by atoms with Crippen LogP contribution >= 0.6 is 12.4 Å². The van der Waals surface area contributed by atoms with Gasteiger partial charge < -0.3 is 16.0 Å². The Kier molecular flexibility index (Phi) is 6.91. The fourth-order valence-electron chi connectivity index (χ4n) is 2.07. The summed E-state index contributed by atoms with van der Waals surface area (Å²) in [5.74, 6) is -0.351. The predicted molar refractivity (Wildman–Crippen MR) is 85.0 cm³/mol. The third kappa shape index (κ3) is 4.88. The van der Waals surface area contributed by atoms with Crippen LogP contribution in [0.15, 0.2) is 35.9 Å². The van der Waals surface area contributed by atoms with Gasteiger partial charge in [-0.05, 0) is 31.2 Å². The summed E-state index contributed by atoms with van der Waals surface area (Å²) in [5, 5.41) is 8.66. The standard InChI is InChI=1S/C15H19N3O2.ClH/c1-16-14(19)12-3-2-4-13(9-12)15(20)18-10-11-5-7-17-8-6-11;/h2-5,9,17H,6-8,10H2,1H3,(H,16,19)(H,18,20);1H. The Morgan fingerprint density at radius 2 is 1.95 bits per heavy atom. The van der Waals surface area contributed by atoms with Gasteiger partial charge in [-0.2, -0.15) is 0 Å². The van der Waals surface area contributed by atoms with Gasteiger partial charge in [0.15, 0.2) is 0 Å². The van der Waals surface area contributed by atoms with Gasteiger partial charge in [0.25, 0.3) is 11.8 Å². The van der Waals surface area contributed by atoms with Gasteiger partial charge in [-0.3, -0.25) is 9.59 Å². The summed E-state index contributed by atoms with van der Waals surface area (Å²) in [6.07, 6.45) is 3.06. The topological polar surface area (TPSA) is 70.2 Å². The maximum Gasteiger partial charge on any atom is 0.251 e. The van der Waals surface area contributed by atoms with E-state index in [-0.39, 0.29) is 24.2 Å². The van der Waals surface area contributed by atoms with Gasteiger partial charge in [0, 0.05) is 31.3 Å². The summed E-state index contributed by atoms with van der Waals surface area (Å²) in [6, 6.07) is 6.71. The molecule has 0 aromatic heterocycles. The Balaban J connectivity index is 0.00000220. The minimum atomic E-state index is -0.194. The highest BCUT2D eigenvalue weighted by molar-refractivity contribution is 5.99. The number of carbonyl (C=O) groups is 2. The molecule has 0 unspecified atom stereocenters. The Hall–Kier alpha value is -1.85. The van der Waals surface area contributed by atoms with Crippen molar-refractivity contribution in [2.24, 2.45) is 0 Å². The molecular formula is C15H20ClN3O2. The van der Waals surface area contributed by atoms with Crippen molar-refractivity contribution in [2.75, 3.05) is 26.7 Å². The number of halogens is 1. The highest BCUT2D eigenvalue weighted by atomic mass is 35.5. The third-order valence-electron chi connectivity index (χ3n) is 3.25. The van der Waals surface area contributed by atoms with E-state index < -0.39 is 0 Å². The first-order valence-corrected chi connectivity index (χ1v) is 6.69. The summed E-state index contributed by atoms with van der Waals surface area (Å²) in [5.41, 5.74) is 2.22. The van der Waals surface area contributed by atoms with Crippen LogP contribution in [-0.4, -0.2) is 38.5 Å². The lowest BCUT2D eigenvalue weighted by Gasteiger charge is -2.14. The predicted octanol–water partition coefficient (Wildman–Crippen LogP) is 1.12. The first-order chi connectivity index (χ1) is 9.70. The normalized spacial score (nSPS) is 13.7. The molecule has 0 saturated carbocycles. The van der Waals surface area contributed by atoms with Crippen molar-refractivity contribution in [1.82, 2.24) is 16.0 Å². The summed E-state index contributed by atoms with van der Waals surface area (Å²) in [6.45, 7) is 2.37. The number of rotatable bonds is 4. The highest BCUT2D eigenvalue weighted by Gasteiger charge is 2.10. The van der Waals surface area contributed by atoms with Gasteiger partial charge in [0.1, 0.15) is 0 Å². The molecule has 1 heterocycles. The molecule has 1 aliphatic heterocycles. The molecule has 1 aromatic carbocycles. The van der Waals surface area contributed by atoms with Crippen LogP contribution in [-0.2, 0) is 0 Å². The van der Waals surface area contributed by atoms with E-state index in [1.54, 1.807) is 31.3 Å². The molecule has 0 aliphatic carbocycles. The average Bonchev–Trinajstić information content (AvgIpc) is 2.53. The van der Waals surface area contributed by atoms with Gasteiger partial charge in [-0.15, -0.1) is 12.4 Å². The van der Waals surface area contributed by atoms with Crippen molar-refractivity contribution in [2.45, 2.75) is 6.42 Å². The lowest BCUT2D eigenvalue weighted by molar-refractivity contribution is 0.0956. The fraction of sp³-hybridized carbons (Fsp3) is 0.333. The zero-order chi connectivity index (χ0) is 14.4. The SMILES string of the molecule is CNC(=O)c1cccc(C(=O)NCC2=CCNCC2)c1.Cl. The van der Waals surface area contributed by atoms with E-state index in [0.29, 0.717) is 17.7 Å². The molecule has 0 fully saturated rings. The smallest absolute Gasteiger partial charge is 0.251 e. The molecule has 2 amide bonds. The minimum absolute atomic E-state index is 0. The van der Waals surface area contributed by atoms with Crippen LogP contribution in [0.2, 0.25) is 0 Å². The molecule has 1 aliphatic rings. The van der Waals surface area contributed by atoms with Crippen LogP contribution in [0, 0.1) is 0 Å². The summed E-state index contributed by atoms with van der Waals surface area (Å²) < 4.78 is 0. The Labute approximate surface area is 130 Å². The maximum atomic E-state index is 12.1. The van der Waals surface area contributed by atoms with Crippen molar-refractivity contribution < 1.29 is 9.59 Å². The van der Waals surface area contributed by atoms with Crippen LogP contribution in [0.5, 0.6) is 0 Å². The second kappa shape index (κ2) is 8.44. The monoisotopic (exact) mass is 309 g/mol. The summed E-state index contributed by atoms with van der Waals surface area (Å²) in [4.78, 5) is 23.6. The zero-order valence-corrected chi connectivity index (χ0v) is 12.8. The van der Waals surface area contributed by atoms with Crippen LogP contribution in [0.4, 0.5) is 0 Å². The van der Waals surface area contributed by atoms with E-state index in [4.69, 9.17) is 0 Å². The molecule has 0 bridgehead atoms. The first kappa shape index (κ1) is 17.2. The molecule has 6 heteroatoms. The molecule has 1 aromatic rings. The van der Waals surface area contributed by atoms with Crippen LogP contribution in [0.3, 0.4) is 0 Å². The Morgan fingerprint density at radius 3 is 2.57 bits per heavy atom. The van der Waals surface area contributed by atoms with Crippen molar-refractivity contribution in [1.29, 1.82) is 0 Å². The fourth-order valence-corrected chi connectivity index (χ4v) is 2.07. The number of benzene rings is 1. The molecule has 0 atom stereocenters. The van der Waals surface area contributed by atoms with Gasteiger partial charge in [-0.25, -0.2) is 0 Å². The molecule has 21 heavy (non-hydrogen) atoms. The molecule has 3 N–H and O–H groups in total. The van der Waals surface area contributed by atoms with E-state index in [1.807, 2.05) is 0 Å². The van der Waals surface area contributed by atoms with E-state index in [1.165, 1.54) is 5.57 Å². The highest BCUT2D eigenvalue weighted by Crippen LogP contribution is 2.07. The number of nitrogens with one attached hydrogen (secondary N) is 3. The second-order valence-electron chi connectivity index (χ2n) is 4.66. The van der Waals surface area contributed by atoms with E-state index >= 15 is 0 Å². The molecule has 2 rings (SSSR count). The number of amides is 2. The van der Waals surface area contributed by atoms with E-state index in [9.17, 15) is 9.59 Å². The number of carbonyl (C=O) groups excluding carboxylic acids is 2. The van der Waals surface area contributed by atoms with Crippen LogP contribution in [0.1, 0.15) is 27.1 Å². The maximum absolute atomic E-state index is 12.1. The van der Waals surface area contributed by atoms with E-state index in [0.717, 1.165) is 19.5 Å². The zero-order valence-electron chi connectivity index (χ0n) is 11.9. The van der Waals surface area contributed by atoms with Crippen LogP contribution in [0.25, 0.3) is 0 Å². The molecule has 0 saturated heterocycles. The van der Waals surface area contributed by atoms with Crippen molar-refractivity contribution in [3.05, 3.63) is 47.0 Å².